The third-order valence-electron chi connectivity index (χ3n) is 7.14. The van der Waals surface area contributed by atoms with Crippen molar-refractivity contribution >= 4 is 18.0 Å². The molecule has 1 unspecified atom stereocenters. The minimum Gasteiger partial charge on any atom is -0.483 e. The van der Waals surface area contributed by atoms with Crippen molar-refractivity contribution in [2.24, 2.45) is 11.3 Å². The Morgan fingerprint density at radius 2 is 2.06 bits per heavy atom. The summed E-state index contributed by atoms with van der Waals surface area (Å²) in [4.78, 5) is 31.2. The van der Waals surface area contributed by atoms with Gasteiger partial charge in [-0.3, -0.25) is 9.78 Å². The summed E-state index contributed by atoms with van der Waals surface area (Å²) in [6.45, 7) is 13.3. The molecular weight excluding hydrogens is 440 g/mol. The van der Waals surface area contributed by atoms with Crippen LogP contribution in [0, 0.1) is 11.3 Å². The van der Waals surface area contributed by atoms with Crippen LogP contribution in [0.5, 0.6) is 0 Å². The normalized spacial score (nSPS) is 17.9. The fourth-order valence-corrected chi connectivity index (χ4v) is 4.29. The number of likely N-dealkylation sites (tertiary alicyclic amines) is 1. The monoisotopic (exact) mass is 478 g/mol. The van der Waals surface area contributed by atoms with Crippen LogP contribution in [0.25, 0.3) is 6.08 Å². The number of hydrogen-bond donors (Lipinski definition) is 2. The molecule has 3 heterocycles. The summed E-state index contributed by atoms with van der Waals surface area (Å²) in [5.41, 5.74) is 2.99. The van der Waals surface area contributed by atoms with Crippen molar-refractivity contribution in [1.29, 1.82) is 0 Å². The molecule has 188 valence electrons. The average Bonchev–Trinajstić information content (AvgIpc) is 2.87. The Morgan fingerprint density at radius 3 is 2.80 bits per heavy atom. The van der Waals surface area contributed by atoms with Gasteiger partial charge in [-0.15, -0.1) is 0 Å². The molecule has 0 spiro atoms. The molecule has 1 atom stereocenters. The molecule has 0 radical (unpaired) electrons. The molecule has 0 bridgehead atoms. The predicted octanol–water partition coefficient (Wildman–Crippen LogP) is 4.60. The van der Waals surface area contributed by atoms with E-state index >= 15 is 0 Å². The molecule has 0 saturated carbocycles. The van der Waals surface area contributed by atoms with E-state index in [2.05, 4.69) is 36.0 Å². The summed E-state index contributed by atoms with van der Waals surface area (Å²) in [6, 6.07) is 1.87. The number of ether oxygens (including phenoxy) is 1. The van der Waals surface area contributed by atoms with E-state index in [1.54, 1.807) is 18.5 Å². The first-order valence-electron chi connectivity index (χ1n) is 12.4. The topological polar surface area (TPSA) is 83.6 Å². The summed E-state index contributed by atoms with van der Waals surface area (Å²) in [7, 11) is 0. The van der Waals surface area contributed by atoms with Gasteiger partial charge in [-0.25, -0.2) is 4.79 Å². The van der Waals surface area contributed by atoms with Gasteiger partial charge in [0.15, 0.2) is 5.76 Å². The van der Waals surface area contributed by atoms with Crippen LogP contribution < -0.4 is 10.6 Å². The van der Waals surface area contributed by atoms with Crippen molar-refractivity contribution in [2.45, 2.75) is 46.6 Å². The van der Waals surface area contributed by atoms with Gasteiger partial charge in [-0.2, -0.15) is 0 Å². The largest absolute Gasteiger partial charge is 0.483 e. The van der Waals surface area contributed by atoms with E-state index in [9.17, 15) is 9.59 Å². The minimum atomic E-state index is -0.193. The zero-order chi connectivity index (χ0) is 25.3. The molecule has 0 aromatic carbocycles. The smallest absolute Gasteiger partial charge is 0.317 e. The highest BCUT2D eigenvalue weighted by Gasteiger charge is 2.36. The van der Waals surface area contributed by atoms with E-state index in [0.717, 1.165) is 36.0 Å². The summed E-state index contributed by atoms with van der Waals surface area (Å²) in [6.07, 6.45) is 15.6. The number of amides is 3. The maximum atomic E-state index is 12.7. The van der Waals surface area contributed by atoms with Gasteiger partial charge in [-0.05, 0) is 55.2 Å². The Bertz CT molecular complexity index is 1000. The maximum Gasteiger partial charge on any atom is 0.317 e. The Morgan fingerprint density at radius 1 is 1.29 bits per heavy atom. The van der Waals surface area contributed by atoms with Crippen LogP contribution in [-0.4, -0.2) is 48.0 Å². The van der Waals surface area contributed by atoms with Crippen LogP contribution in [-0.2, 0) is 16.1 Å². The zero-order valence-electron chi connectivity index (χ0n) is 21.2. The van der Waals surface area contributed by atoms with Crippen molar-refractivity contribution in [3.8, 4) is 0 Å². The second-order valence-corrected chi connectivity index (χ2v) is 9.65. The summed E-state index contributed by atoms with van der Waals surface area (Å²) in [5.74, 6) is 0.416. The number of fused-ring (bicyclic) bond motifs is 1. The second kappa shape index (κ2) is 12.4. The lowest BCUT2D eigenvalue weighted by atomic mass is 9.71. The minimum absolute atomic E-state index is 0.0184. The number of piperidine rings is 1. The first-order chi connectivity index (χ1) is 16.8. The van der Waals surface area contributed by atoms with E-state index in [1.807, 2.05) is 42.2 Å². The van der Waals surface area contributed by atoms with E-state index in [0.29, 0.717) is 38.5 Å². The maximum absolute atomic E-state index is 12.7. The van der Waals surface area contributed by atoms with Crippen LogP contribution in [0.1, 0.15) is 51.2 Å². The number of hydrogen-bond acceptors (Lipinski definition) is 4. The lowest BCUT2D eigenvalue weighted by Crippen LogP contribution is -2.49. The highest BCUT2D eigenvalue weighted by molar-refractivity contribution is 5.96. The van der Waals surface area contributed by atoms with Gasteiger partial charge < -0.3 is 20.3 Å². The van der Waals surface area contributed by atoms with Gasteiger partial charge in [0.2, 0.25) is 0 Å². The van der Waals surface area contributed by atoms with E-state index in [4.69, 9.17) is 4.74 Å². The van der Waals surface area contributed by atoms with Crippen LogP contribution in [0.15, 0.2) is 60.7 Å². The van der Waals surface area contributed by atoms with E-state index < -0.39 is 0 Å². The van der Waals surface area contributed by atoms with E-state index in [1.165, 1.54) is 0 Å². The molecule has 2 N–H and O–H groups in total. The van der Waals surface area contributed by atoms with Gasteiger partial charge in [0.1, 0.15) is 6.61 Å². The highest BCUT2D eigenvalue weighted by atomic mass is 16.5. The third-order valence-corrected chi connectivity index (χ3v) is 7.14. The van der Waals surface area contributed by atoms with Gasteiger partial charge in [0, 0.05) is 44.1 Å². The van der Waals surface area contributed by atoms with Gasteiger partial charge >= 0.3 is 6.03 Å². The molecule has 1 saturated heterocycles. The van der Waals surface area contributed by atoms with Crippen LogP contribution in [0.3, 0.4) is 0 Å². The summed E-state index contributed by atoms with van der Waals surface area (Å²) >= 11 is 0. The molecule has 2 aliphatic heterocycles. The fourth-order valence-electron chi connectivity index (χ4n) is 4.29. The number of aromatic nitrogens is 1. The SMILES string of the molecule is C=C(/C=C\C=C/C)CCNC(=O)N1CCC(C)(C(C)CNC(=O)C2=Cc3ccncc3CO2)CC1. The Balaban J connectivity index is 1.40. The number of carbonyl (C=O) groups excluding carboxylic acids is 2. The second-order valence-electron chi connectivity index (χ2n) is 9.65. The van der Waals surface area contributed by atoms with Gasteiger partial charge in [0.25, 0.3) is 5.91 Å². The number of allylic oxidation sites excluding steroid dienone is 4. The molecule has 3 amide bonds. The molecular formula is C28H38N4O3. The molecule has 1 aromatic heterocycles. The van der Waals surface area contributed by atoms with Crippen molar-refractivity contribution in [1.82, 2.24) is 20.5 Å². The lowest BCUT2D eigenvalue weighted by Gasteiger charge is -2.43. The van der Waals surface area contributed by atoms with Crippen molar-refractivity contribution in [2.75, 3.05) is 26.2 Å². The number of nitrogens with one attached hydrogen (secondary N) is 2. The molecule has 3 rings (SSSR count). The molecule has 0 aliphatic carbocycles. The Labute approximate surface area is 209 Å². The van der Waals surface area contributed by atoms with Crippen molar-refractivity contribution in [3.05, 3.63) is 71.8 Å². The molecule has 1 aromatic rings. The predicted molar refractivity (Wildman–Crippen MR) is 139 cm³/mol. The van der Waals surface area contributed by atoms with Crippen LogP contribution in [0.4, 0.5) is 4.79 Å². The van der Waals surface area contributed by atoms with Crippen molar-refractivity contribution in [3.63, 3.8) is 0 Å². The fraction of sp³-hybridized carbons (Fsp3) is 0.464. The summed E-state index contributed by atoms with van der Waals surface area (Å²) < 4.78 is 5.63. The molecule has 7 heteroatoms. The number of urea groups is 1. The first kappa shape index (κ1) is 26.3. The zero-order valence-corrected chi connectivity index (χ0v) is 21.2. The number of nitrogens with zero attached hydrogens (tertiary/aromatic N) is 2. The first-order valence-corrected chi connectivity index (χ1v) is 12.4. The Kier molecular flexibility index (Phi) is 9.29. The van der Waals surface area contributed by atoms with Crippen LogP contribution in [0.2, 0.25) is 0 Å². The number of rotatable bonds is 9. The molecule has 1 fully saturated rings. The van der Waals surface area contributed by atoms with Crippen LogP contribution >= 0.6 is 0 Å². The third kappa shape index (κ3) is 7.31. The quantitative estimate of drug-likeness (QED) is 0.508. The highest BCUT2D eigenvalue weighted by Crippen LogP contribution is 2.38. The van der Waals surface area contributed by atoms with Gasteiger partial charge in [0.05, 0.1) is 0 Å². The molecule has 7 nitrogen and oxygen atoms in total. The molecule has 35 heavy (non-hydrogen) atoms. The lowest BCUT2D eigenvalue weighted by molar-refractivity contribution is -0.121. The summed E-state index contributed by atoms with van der Waals surface area (Å²) in [5, 5.41) is 6.04. The molecule has 2 aliphatic rings. The number of pyridine rings is 1. The van der Waals surface area contributed by atoms with Crippen molar-refractivity contribution < 1.29 is 14.3 Å². The Hall–Kier alpha value is -3.35. The van der Waals surface area contributed by atoms with E-state index in [-0.39, 0.29) is 23.3 Å². The van der Waals surface area contributed by atoms with Gasteiger partial charge in [-0.1, -0.05) is 50.3 Å². The number of carbonyl (C=O) groups is 2. The average molecular weight is 479 g/mol. The standard InChI is InChI=1S/C28H38N4O3/c1-5-6-7-8-21(2)9-14-30-27(34)32-15-11-28(4,12-16-32)22(3)18-31-26(33)25-17-23-10-13-29-19-24(23)20-35-25/h5-8,10,13,17,19,22H,2,9,11-12,14-16,18,20H2,1,3-4H3,(H,30,34)(H,31,33)/b6-5-,8-7-.